The quantitative estimate of drug-likeness (QED) is 0.668. The van der Waals surface area contributed by atoms with Crippen molar-refractivity contribution >= 4 is 17.4 Å². The molecule has 0 saturated carbocycles. The van der Waals surface area contributed by atoms with Crippen LogP contribution in [0.15, 0.2) is 24.3 Å². The highest BCUT2D eigenvalue weighted by Crippen LogP contribution is 2.27. The molecule has 0 radical (unpaired) electrons. The van der Waals surface area contributed by atoms with Gasteiger partial charge >= 0.3 is 0 Å². The SMILES string of the molecule is CC(C)c1cc(NN)nc(-c2cccc(Cl)c2F)n1. The topological polar surface area (TPSA) is 63.8 Å². The van der Waals surface area contributed by atoms with Crippen molar-refractivity contribution in [3.8, 4) is 11.4 Å². The minimum absolute atomic E-state index is 0.0401. The van der Waals surface area contributed by atoms with Gasteiger partial charge in [-0.3, -0.25) is 0 Å². The number of rotatable bonds is 3. The molecule has 0 aliphatic rings. The summed E-state index contributed by atoms with van der Waals surface area (Å²) >= 11 is 5.77. The number of hydrogen-bond acceptors (Lipinski definition) is 4. The fourth-order valence-corrected chi connectivity index (χ4v) is 1.81. The minimum atomic E-state index is -0.534. The fourth-order valence-electron chi connectivity index (χ4n) is 1.63. The number of hydrazine groups is 1. The molecule has 1 aromatic heterocycles. The number of nitrogens with zero attached hydrogens (tertiary/aromatic N) is 2. The first kappa shape index (κ1) is 13.7. The van der Waals surface area contributed by atoms with Crippen molar-refractivity contribution in [1.29, 1.82) is 0 Å². The Morgan fingerprint density at radius 2 is 2.05 bits per heavy atom. The molecular weight excluding hydrogens is 267 g/mol. The zero-order chi connectivity index (χ0) is 14.0. The van der Waals surface area contributed by atoms with E-state index in [2.05, 4.69) is 15.4 Å². The van der Waals surface area contributed by atoms with Crippen LogP contribution < -0.4 is 11.3 Å². The number of aromatic nitrogens is 2. The van der Waals surface area contributed by atoms with Crippen LogP contribution in [0.4, 0.5) is 10.2 Å². The van der Waals surface area contributed by atoms with E-state index in [1.54, 1.807) is 18.2 Å². The largest absolute Gasteiger partial charge is 0.308 e. The summed E-state index contributed by atoms with van der Waals surface area (Å²) in [4.78, 5) is 8.51. The first-order chi connectivity index (χ1) is 9.02. The van der Waals surface area contributed by atoms with Crippen LogP contribution in [0.3, 0.4) is 0 Å². The van der Waals surface area contributed by atoms with Crippen LogP contribution in [-0.4, -0.2) is 9.97 Å². The number of benzene rings is 1. The summed E-state index contributed by atoms with van der Waals surface area (Å²) in [7, 11) is 0. The predicted molar refractivity (Wildman–Crippen MR) is 74.3 cm³/mol. The molecule has 0 aliphatic heterocycles. The van der Waals surface area contributed by atoms with Crippen molar-refractivity contribution < 1.29 is 4.39 Å². The Bertz CT molecular complexity index is 601. The molecule has 0 amide bonds. The van der Waals surface area contributed by atoms with Gasteiger partial charge in [0.25, 0.3) is 0 Å². The summed E-state index contributed by atoms with van der Waals surface area (Å²) in [5, 5.41) is 0.0401. The van der Waals surface area contributed by atoms with Gasteiger partial charge in [0.2, 0.25) is 0 Å². The van der Waals surface area contributed by atoms with E-state index < -0.39 is 5.82 Å². The molecule has 2 aromatic rings. The summed E-state index contributed by atoms with van der Waals surface area (Å²) < 4.78 is 14.0. The number of nitrogens with two attached hydrogens (primary N) is 1. The molecule has 0 aliphatic carbocycles. The van der Waals surface area contributed by atoms with E-state index in [0.29, 0.717) is 5.82 Å². The highest BCUT2D eigenvalue weighted by molar-refractivity contribution is 6.31. The van der Waals surface area contributed by atoms with Crippen molar-refractivity contribution in [3.05, 3.63) is 40.8 Å². The molecule has 0 fully saturated rings. The van der Waals surface area contributed by atoms with E-state index in [1.165, 1.54) is 6.07 Å². The average molecular weight is 281 g/mol. The lowest BCUT2D eigenvalue weighted by molar-refractivity contribution is 0.630. The Kier molecular flexibility index (Phi) is 3.97. The van der Waals surface area contributed by atoms with Crippen molar-refractivity contribution in [2.24, 2.45) is 5.84 Å². The van der Waals surface area contributed by atoms with Crippen molar-refractivity contribution in [2.75, 3.05) is 5.43 Å². The lowest BCUT2D eigenvalue weighted by atomic mass is 10.1. The zero-order valence-corrected chi connectivity index (χ0v) is 11.4. The number of halogens is 2. The first-order valence-electron chi connectivity index (χ1n) is 5.83. The van der Waals surface area contributed by atoms with E-state index in [-0.39, 0.29) is 22.3 Å². The number of anilines is 1. The van der Waals surface area contributed by atoms with Crippen LogP contribution in [0, 0.1) is 5.82 Å². The maximum atomic E-state index is 14.0. The maximum absolute atomic E-state index is 14.0. The van der Waals surface area contributed by atoms with Crippen LogP contribution >= 0.6 is 11.6 Å². The van der Waals surface area contributed by atoms with Crippen LogP contribution in [0.5, 0.6) is 0 Å². The number of hydrogen-bond donors (Lipinski definition) is 2. The van der Waals surface area contributed by atoms with E-state index >= 15 is 0 Å². The van der Waals surface area contributed by atoms with Crippen LogP contribution in [0.2, 0.25) is 5.02 Å². The van der Waals surface area contributed by atoms with Crippen LogP contribution in [-0.2, 0) is 0 Å². The van der Waals surface area contributed by atoms with Gasteiger partial charge < -0.3 is 5.43 Å². The zero-order valence-electron chi connectivity index (χ0n) is 10.6. The molecule has 2 rings (SSSR count). The third-order valence-corrected chi connectivity index (χ3v) is 2.97. The Balaban J connectivity index is 2.61. The molecule has 0 saturated heterocycles. The predicted octanol–water partition coefficient (Wildman–Crippen LogP) is 3.35. The van der Waals surface area contributed by atoms with Gasteiger partial charge in [-0.05, 0) is 18.1 Å². The number of nitrogen functional groups attached to an aromatic ring is 1. The van der Waals surface area contributed by atoms with E-state index in [1.807, 2.05) is 13.8 Å². The molecule has 0 bridgehead atoms. The third-order valence-electron chi connectivity index (χ3n) is 2.68. The first-order valence-corrected chi connectivity index (χ1v) is 6.20. The molecule has 1 heterocycles. The second-order valence-electron chi connectivity index (χ2n) is 4.40. The van der Waals surface area contributed by atoms with Gasteiger partial charge in [0, 0.05) is 11.8 Å². The summed E-state index contributed by atoms with van der Waals surface area (Å²) in [6, 6.07) is 6.45. The summed E-state index contributed by atoms with van der Waals surface area (Å²) in [6.45, 7) is 3.97. The molecule has 19 heavy (non-hydrogen) atoms. The van der Waals surface area contributed by atoms with Gasteiger partial charge in [-0.2, -0.15) is 0 Å². The standard InChI is InChI=1S/C13H14ClFN4/c1-7(2)10-6-11(19-16)18-13(17-10)8-4-3-5-9(14)12(8)15/h3-7H,16H2,1-2H3,(H,17,18,19). The van der Waals surface area contributed by atoms with Gasteiger partial charge in [0.05, 0.1) is 10.6 Å². The lowest BCUT2D eigenvalue weighted by Gasteiger charge is -2.10. The second kappa shape index (κ2) is 5.50. The lowest BCUT2D eigenvalue weighted by Crippen LogP contribution is -2.11. The molecule has 0 unspecified atom stereocenters. The van der Waals surface area contributed by atoms with Crippen molar-refractivity contribution in [2.45, 2.75) is 19.8 Å². The molecule has 1 aromatic carbocycles. The summed E-state index contributed by atoms with van der Waals surface area (Å²) in [6.07, 6.45) is 0. The molecule has 6 heteroatoms. The summed E-state index contributed by atoms with van der Waals surface area (Å²) in [5.74, 6) is 5.72. The Hall–Kier alpha value is -1.72. The Morgan fingerprint density at radius 1 is 1.32 bits per heavy atom. The van der Waals surface area contributed by atoms with Gasteiger partial charge in [-0.25, -0.2) is 20.2 Å². The van der Waals surface area contributed by atoms with Gasteiger partial charge in [-0.15, -0.1) is 0 Å². The van der Waals surface area contributed by atoms with E-state index in [4.69, 9.17) is 17.4 Å². The molecule has 0 atom stereocenters. The Morgan fingerprint density at radius 3 is 2.68 bits per heavy atom. The third kappa shape index (κ3) is 2.83. The van der Waals surface area contributed by atoms with Crippen molar-refractivity contribution in [3.63, 3.8) is 0 Å². The highest BCUT2D eigenvalue weighted by atomic mass is 35.5. The fraction of sp³-hybridized carbons (Fsp3) is 0.231. The monoisotopic (exact) mass is 280 g/mol. The molecule has 3 N–H and O–H groups in total. The van der Waals surface area contributed by atoms with Crippen LogP contribution in [0.1, 0.15) is 25.5 Å². The van der Waals surface area contributed by atoms with E-state index in [9.17, 15) is 4.39 Å². The van der Waals surface area contributed by atoms with Gasteiger partial charge in [0.15, 0.2) is 11.6 Å². The van der Waals surface area contributed by atoms with E-state index in [0.717, 1.165) is 5.69 Å². The normalized spacial score (nSPS) is 10.8. The average Bonchev–Trinajstić information content (AvgIpc) is 2.41. The second-order valence-corrected chi connectivity index (χ2v) is 4.81. The maximum Gasteiger partial charge on any atom is 0.164 e. The minimum Gasteiger partial charge on any atom is -0.308 e. The number of nitrogens with one attached hydrogen (secondary N) is 1. The molecule has 4 nitrogen and oxygen atoms in total. The Labute approximate surface area is 115 Å². The van der Waals surface area contributed by atoms with Gasteiger partial charge in [-0.1, -0.05) is 31.5 Å². The smallest absolute Gasteiger partial charge is 0.164 e. The summed E-state index contributed by atoms with van der Waals surface area (Å²) in [5.41, 5.74) is 3.49. The molecule has 0 spiro atoms. The van der Waals surface area contributed by atoms with Crippen molar-refractivity contribution in [1.82, 2.24) is 9.97 Å². The van der Waals surface area contributed by atoms with Crippen LogP contribution in [0.25, 0.3) is 11.4 Å². The highest BCUT2D eigenvalue weighted by Gasteiger charge is 2.14. The molecular formula is C13H14ClFN4. The molecule has 100 valence electrons. The van der Waals surface area contributed by atoms with Gasteiger partial charge in [0.1, 0.15) is 5.82 Å².